The Morgan fingerprint density at radius 1 is 1.24 bits per heavy atom. The van der Waals surface area contributed by atoms with Crippen LogP contribution in [0.4, 0.5) is 0 Å². The zero-order valence-corrected chi connectivity index (χ0v) is 11.9. The summed E-state index contributed by atoms with van der Waals surface area (Å²) in [5.41, 5.74) is 0.978. The number of hydrogen-bond acceptors (Lipinski definition) is 2. The summed E-state index contributed by atoms with van der Waals surface area (Å²) < 4.78 is 0.622. The number of aromatic carboxylic acids is 1. The van der Waals surface area contributed by atoms with Gasteiger partial charge in [-0.05, 0) is 18.2 Å². The number of rotatable bonds is 2. The molecule has 0 saturated carbocycles. The van der Waals surface area contributed by atoms with Gasteiger partial charge in [0.25, 0.3) is 5.65 Å². The molecular formula is C14H8Cl2N2O3. The first kappa shape index (κ1) is 13.7. The van der Waals surface area contributed by atoms with E-state index in [0.717, 1.165) is 0 Å². The largest absolute Gasteiger partial charge is 0.711 e. The second kappa shape index (κ2) is 4.95. The molecule has 2 aromatic heterocycles. The fourth-order valence-electron chi connectivity index (χ4n) is 2.22. The Labute approximate surface area is 128 Å². The lowest BCUT2D eigenvalue weighted by atomic mass is 10.0. The fraction of sp³-hybridized carbons (Fsp3) is 0. The van der Waals surface area contributed by atoms with Gasteiger partial charge in [-0.3, -0.25) is 0 Å². The van der Waals surface area contributed by atoms with Crippen LogP contribution >= 0.6 is 23.2 Å². The van der Waals surface area contributed by atoms with Crippen molar-refractivity contribution in [3.63, 3.8) is 0 Å². The van der Waals surface area contributed by atoms with Gasteiger partial charge in [-0.1, -0.05) is 29.3 Å². The van der Waals surface area contributed by atoms with Crippen LogP contribution in [-0.2, 0) is 0 Å². The summed E-state index contributed by atoms with van der Waals surface area (Å²) in [5.74, 6) is -1.14. The number of nitrogens with zero attached hydrogens (tertiary/aromatic N) is 1. The van der Waals surface area contributed by atoms with Crippen LogP contribution in [0.2, 0.25) is 10.0 Å². The molecule has 0 fully saturated rings. The number of aromatic amines is 1. The maximum atomic E-state index is 12.0. The molecule has 0 aliphatic rings. The van der Waals surface area contributed by atoms with E-state index >= 15 is 0 Å². The highest BCUT2D eigenvalue weighted by molar-refractivity contribution is 6.38. The summed E-state index contributed by atoms with van der Waals surface area (Å²) in [6, 6.07) is 6.07. The maximum Gasteiger partial charge on any atom is 0.336 e. The third kappa shape index (κ3) is 2.20. The molecule has 5 nitrogen and oxygen atoms in total. The second-order valence-electron chi connectivity index (χ2n) is 4.42. The number of halogens is 2. The minimum atomic E-state index is -1.14. The molecule has 0 aliphatic heterocycles. The van der Waals surface area contributed by atoms with Crippen molar-refractivity contribution in [1.29, 1.82) is 0 Å². The molecule has 3 aromatic rings. The van der Waals surface area contributed by atoms with Crippen molar-refractivity contribution in [3.05, 3.63) is 57.5 Å². The molecule has 0 radical (unpaired) electrons. The Morgan fingerprint density at radius 2 is 2.00 bits per heavy atom. The molecule has 2 heterocycles. The zero-order chi connectivity index (χ0) is 15.1. The first-order chi connectivity index (χ1) is 9.99. The quantitative estimate of drug-likeness (QED) is 0.560. The third-order valence-corrected chi connectivity index (χ3v) is 3.81. The van der Waals surface area contributed by atoms with E-state index in [4.69, 9.17) is 23.2 Å². The van der Waals surface area contributed by atoms with Crippen LogP contribution < -0.4 is 4.73 Å². The number of nitrogens with one attached hydrogen (secondary N) is 1. The van der Waals surface area contributed by atoms with E-state index in [0.29, 0.717) is 36.9 Å². The number of carbonyl (C=O) groups is 1. The Balaban J connectivity index is 2.35. The Bertz CT molecular complexity index is 874. The van der Waals surface area contributed by atoms with Gasteiger partial charge in [0.1, 0.15) is 6.20 Å². The number of fused-ring (bicyclic) bond motifs is 1. The topological polar surface area (TPSA) is 80.0 Å². The predicted octanol–water partition coefficient (Wildman–Crippen LogP) is 3.47. The molecule has 0 saturated heterocycles. The van der Waals surface area contributed by atoms with Crippen molar-refractivity contribution in [3.8, 4) is 11.1 Å². The second-order valence-corrected chi connectivity index (χ2v) is 5.23. The van der Waals surface area contributed by atoms with E-state index in [-0.39, 0.29) is 5.56 Å². The molecule has 0 aliphatic carbocycles. The van der Waals surface area contributed by atoms with Gasteiger partial charge < -0.3 is 10.3 Å². The fourth-order valence-corrected chi connectivity index (χ4v) is 2.69. The van der Waals surface area contributed by atoms with Crippen LogP contribution in [-0.4, -0.2) is 16.1 Å². The van der Waals surface area contributed by atoms with Crippen LogP contribution in [0.3, 0.4) is 0 Å². The van der Waals surface area contributed by atoms with Gasteiger partial charge >= 0.3 is 5.97 Å². The minimum absolute atomic E-state index is 0.0146. The molecule has 0 spiro atoms. The molecule has 7 heteroatoms. The monoisotopic (exact) mass is 322 g/mol. The molecule has 106 valence electrons. The molecule has 0 amide bonds. The minimum Gasteiger partial charge on any atom is -0.711 e. The van der Waals surface area contributed by atoms with Crippen molar-refractivity contribution in [1.82, 2.24) is 4.98 Å². The van der Waals surface area contributed by atoms with Crippen LogP contribution in [0, 0.1) is 5.21 Å². The first-order valence-corrected chi connectivity index (χ1v) is 6.66. The van der Waals surface area contributed by atoms with Gasteiger partial charge in [0.05, 0.1) is 22.2 Å². The summed E-state index contributed by atoms with van der Waals surface area (Å²) >= 11 is 12.1. The van der Waals surface area contributed by atoms with E-state index in [9.17, 15) is 15.1 Å². The highest BCUT2D eigenvalue weighted by Crippen LogP contribution is 2.34. The molecule has 0 bridgehead atoms. The van der Waals surface area contributed by atoms with E-state index in [1.165, 1.54) is 18.3 Å². The van der Waals surface area contributed by atoms with Crippen molar-refractivity contribution in [2.75, 3.05) is 0 Å². The van der Waals surface area contributed by atoms with Crippen LogP contribution in [0.5, 0.6) is 0 Å². The predicted molar refractivity (Wildman–Crippen MR) is 79.7 cm³/mol. The van der Waals surface area contributed by atoms with Crippen molar-refractivity contribution in [2.24, 2.45) is 0 Å². The normalized spacial score (nSPS) is 11.0. The van der Waals surface area contributed by atoms with E-state index in [1.54, 1.807) is 18.3 Å². The number of aromatic nitrogens is 2. The molecule has 0 unspecified atom stereocenters. The number of carboxylic acids is 1. The molecule has 2 N–H and O–H groups in total. The Hall–Kier alpha value is -2.24. The van der Waals surface area contributed by atoms with Gasteiger partial charge in [0.15, 0.2) is 0 Å². The number of hydrogen-bond donors (Lipinski definition) is 2. The van der Waals surface area contributed by atoms with E-state index < -0.39 is 5.97 Å². The standard InChI is InChI=1S/C14H8Cl2N2O3/c15-7-1-2-8(10(5-7)14(19)20)11-6-18(21)13-9(12(11)16)3-4-17-13/h1-6,17H,(H,19,20). The average Bonchev–Trinajstić information content (AvgIpc) is 2.93. The van der Waals surface area contributed by atoms with Gasteiger partial charge in [0.2, 0.25) is 0 Å². The van der Waals surface area contributed by atoms with Crippen LogP contribution in [0.1, 0.15) is 10.4 Å². The highest BCUT2D eigenvalue weighted by Gasteiger charge is 2.19. The summed E-state index contributed by atoms with van der Waals surface area (Å²) in [6.45, 7) is 0. The molecule has 3 rings (SSSR count). The average molecular weight is 323 g/mol. The van der Waals surface area contributed by atoms with Crippen molar-refractivity contribution < 1.29 is 14.6 Å². The SMILES string of the molecule is O=C(O)c1cc(Cl)ccc1-c1c[n+]([O-])c2[nH]ccc2c1Cl. The third-order valence-electron chi connectivity index (χ3n) is 3.17. The Morgan fingerprint density at radius 3 is 2.71 bits per heavy atom. The lowest BCUT2D eigenvalue weighted by Crippen LogP contribution is -2.27. The van der Waals surface area contributed by atoms with Gasteiger partial charge in [-0.2, -0.15) is 0 Å². The summed E-state index contributed by atoms with van der Waals surface area (Å²) in [7, 11) is 0. The van der Waals surface area contributed by atoms with Crippen LogP contribution in [0.15, 0.2) is 36.7 Å². The van der Waals surface area contributed by atoms with Crippen LogP contribution in [0.25, 0.3) is 22.2 Å². The number of H-pyrrole nitrogens is 1. The Kier molecular flexibility index (Phi) is 3.23. The van der Waals surface area contributed by atoms with Crippen molar-refractivity contribution >= 4 is 40.2 Å². The zero-order valence-electron chi connectivity index (χ0n) is 10.4. The lowest BCUT2D eigenvalue weighted by Gasteiger charge is -2.11. The number of carboxylic acid groups (broad SMARTS) is 1. The molecular weight excluding hydrogens is 315 g/mol. The van der Waals surface area contributed by atoms with Crippen molar-refractivity contribution in [2.45, 2.75) is 0 Å². The van der Waals surface area contributed by atoms with Gasteiger partial charge in [0, 0.05) is 16.1 Å². The van der Waals surface area contributed by atoms with Gasteiger partial charge in [-0.25, -0.2) is 14.5 Å². The molecule has 1 aromatic carbocycles. The first-order valence-electron chi connectivity index (χ1n) is 5.91. The summed E-state index contributed by atoms with van der Waals surface area (Å²) in [4.78, 5) is 14.1. The lowest BCUT2D eigenvalue weighted by molar-refractivity contribution is -0.578. The van der Waals surface area contributed by atoms with Gasteiger partial charge in [-0.15, -0.1) is 0 Å². The van der Waals surface area contributed by atoms with E-state index in [2.05, 4.69) is 4.98 Å². The van der Waals surface area contributed by atoms with E-state index in [1.807, 2.05) is 0 Å². The highest BCUT2D eigenvalue weighted by atomic mass is 35.5. The summed E-state index contributed by atoms with van der Waals surface area (Å²) in [5, 5.41) is 22.4. The smallest absolute Gasteiger partial charge is 0.336 e. The molecule has 21 heavy (non-hydrogen) atoms. The molecule has 0 atom stereocenters. The summed E-state index contributed by atoms with van der Waals surface area (Å²) in [6.07, 6.45) is 2.84. The number of benzene rings is 1. The maximum absolute atomic E-state index is 12.0. The number of pyridine rings is 1.